The van der Waals surface area contributed by atoms with E-state index in [9.17, 15) is 0 Å². The lowest BCUT2D eigenvalue weighted by Crippen LogP contribution is -3.10. The molecular formula is C13H17N4OS+. The van der Waals surface area contributed by atoms with Crippen LogP contribution in [0.2, 0.25) is 0 Å². The van der Waals surface area contributed by atoms with Gasteiger partial charge in [0.25, 0.3) is 5.22 Å². The van der Waals surface area contributed by atoms with E-state index in [1.54, 1.807) is 29.1 Å². The van der Waals surface area contributed by atoms with Crippen LogP contribution in [0, 0.1) is 0 Å². The molecule has 0 radical (unpaired) electrons. The number of likely N-dealkylation sites (tertiary alicyclic amines) is 1. The highest BCUT2D eigenvalue weighted by atomic mass is 32.2. The van der Waals surface area contributed by atoms with Crippen LogP contribution in [0.1, 0.15) is 12.8 Å². The Morgan fingerprint density at radius 3 is 2.74 bits per heavy atom. The molecule has 1 aliphatic rings. The predicted molar refractivity (Wildman–Crippen MR) is 73.1 cm³/mol. The van der Waals surface area contributed by atoms with Gasteiger partial charge in [0.05, 0.1) is 25.4 Å². The van der Waals surface area contributed by atoms with Crippen molar-refractivity contribution in [2.75, 3.05) is 25.4 Å². The molecule has 0 bridgehead atoms. The SMILES string of the molecule is c1cc(-c2nnc(SCC[NH+]3CCCC3)o2)ccn1. The minimum Gasteiger partial charge on any atom is -0.411 e. The quantitative estimate of drug-likeness (QED) is 0.823. The van der Waals surface area contributed by atoms with Crippen molar-refractivity contribution in [3.8, 4) is 11.5 Å². The van der Waals surface area contributed by atoms with Gasteiger partial charge in [-0.3, -0.25) is 4.98 Å². The molecule has 0 spiro atoms. The number of nitrogens with one attached hydrogen (secondary N) is 1. The monoisotopic (exact) mass is 277 g/mol. The highest BCUT2D eigenvalue weighted by Gasteiger charge is 2.15. The first kappa shape index (κ1) is 12.6. The first-order valence-corrected chi connectivity index (χ1v) is 7.60. The Morgan fingerprint density at radius 1 is 1.16 bits per heavy atom. The number of hydrogen-bond donors (Lipinski definition) is 1. The topological polar surface area (TPSA) is 56.2 Å². The van der Waals surface area contributed by atoms with E-state index >= 15 is 0 Å². The molecule has 1 saturated heterocycles. The summed E-state index contributed by atoms with van der Waals surface area (Å²) in [7, 11) is 0. The Labute approximate surface area is 116 Å². The standard InChI is InChI=1S/C13H16N4OS/c1-2-8-17(7-1)9-10-19-13-16-15-12(18-13)11-3-5-14-6-4-11/h3-6H,1-2,7-10H2/p+1. The van der Waals surface area contributed by atoms with Crippen molar-refractivity contribution >= 4 is 11.8 Å². The molecule has 2 aromatic rings. The number of pyridine rings is 1. The van der Waals surface area contributed by atoms with Gasteiger partial charge in [-0.25, -0.2) is 0 Å². The van der Waals surface area contributed by atoms with Crippen molar-refractivity contribution in [3.05, 3.63) is 24.5 Å². The Morgan fingerprint density at radius 2 is 1.95 bits per heavy atom. The zero-order valence-corrected chi connectivity index (χ0v) is 11.5. The van der Waals surface area contributed by atoms with Crippen molar-refractivity contribution in [2.45, 2.75) is 18.1 Å². The van der Waals surface area contributed by atoms with Gasteiger partial charge in [-0.2, -0.15) is 0 Å². The molecular weight excluding hydrogens is 260 g/mol. The predicted octanol–water partition coefficient (Wildman–Crippen LogP) is 0.902. The molecule has 1 N–H and O–H groups in total. The smallest absolute Gasteiger partial charge is 0.277 e. The minimum atomic E-state index is 0.568. The van der Waals surface area contributed by atoms with E-state index in [4.69, 9.17) is 4.42 Å². The van der Waals surface area contributed by atoms with Crippen LogP contribution in [0.4, 0.5) is 0 Å². The number of rotatable bonds is 5. The maximum Gasteiger partial charge on any atom is 0.277 e. The average Bonchev–Trinajstić information content (AvgIpc) is 3.11. The first-order valence-electron chi connectivity index (χ1n) is 6.62. The molecule has 0 amide bonds. The van der Waals surface area contributed by atoms with Gasteiger partial charge in [0.2, 0.25) is 5.89 Å². The lowest BCUT2D eigenvalue weighted by atomic mass is 10.3. The molecule has 2 aromatic heterocycles. The molecule has 0 aliphatic carbocycles. The minimum absolute atomic E-state index is 0.568. The van der Waals surface area contributed by atoms with Crippen LogP contribution in [0.3, 0.4) is 0 Å². The summed E-state index contributed by atoms with van der Waals surface area (Å²) in [5, 5.41) is 8.80. The maximum absolute atomic E-state index is 5.64. The van der Waals surface area contributed by atoms with Crippen LogP contribution in [-0.2, 0) is 0 Å². The molecule has 0 aromatic carbocycles. The van der Waals surface area contributed by atoms with Crippen molar-refractivity contribution in [1.82, 2.24) is 15.2 Å². The second-order valence-corrected chi connectivity index (χ2v) is 5.71. The van der Waals surface area contributed by atoms with E-state index in [-0.39, 0.29) is 0 Å². The van der Waals surface area contributed by atoms with E-state index in [1.165, 1.54) is 32.5 Å². The van der Waals surface area contributed by atoms with Gasteiger partial charge in [0, 0.05) is 30.8 Å². The van der Waals surface area contributed by atoms with Crippen LogP contribution in [0.5, 0.6) is 0 Å². The second-order valence-electron chi connectivity index (χ2n) is 4.66. The van der Waals surface area contributed by atoms with Crippen LogP contribution >= 0.6 is 11.8 Å². The Balaban J connectivity index is 1.53. The molecule has 6 heteroatoms. The summed E-state index contributed by atoms with van der Waals surface area (Å²) in [5.74, 6) is 1.60. The van der Waals surface area contributed by atoms with Crippen molar-refractivity contribution in [3.63, 3.8) is 0 Å². The average molecular weight is 277 g/mol. The van der Waals surface area contributed by atoms with Crippen molar-refractivity contribution in [2.24, 2.45) is 0 Å². The zero-order valence-electron chi connectivity index (χ0n) is 10.7. The molecule has 5 nitrogen and oxygen atoms in total. The van der Waals surface area contributed by atoms with Gasteiger partial charge < -0.3 is 9.32 Å². The lowest BCUT2D eigenvalue weighted by molar-refractivity contribution is -0.884. The van der Waals surface area contributed by atoms with E-state index in [2.05, 4.69) is 15.2 Å². The van der Waals surface area contributed by atoms with E-state index in [0.29, 0.717) is 11.1 Å². The van der Waals surface area contributed by atoms with Crippen LogP contribution in [0.15, 0.2) is 34.2 Å². The first-order chi connectivity index (χ1) is 9.42. The number of aromatic nitrogens is 3. The molecule has 3 heterocycles. The second kappa shape index (κ2) is 6.16. The van der Waals surface area contributed by atoms with E-state index < -0.39 is 0 Å². The molecule has 1 fully saturated rings. The summed E-state index contributed by atoms with van der Waals surface area (Å²) < 4.78 is 5.64. The third-order valence-corrected chi connectivity index (χ3v) is 4.15. The molecule has 0 saturated carbocycles. The van der Waals surface area contributed by atoms with Crippen LogP contribution in [-0.4, -0.2) is 40.6 Å². The molecule has 0 atom stereocenters. The summed E-state index contributed by atoms with van der Waals surface area (Å²) in [4.78, 5) is 5.67. The molecule has 3 rings (SSSR count). The fourth-order valence-corrected chi connectivity index (χ4v) is 3.09. The number of thioether (sulfide) groups is 1. The Kier molecular flexibility index (Phi) is 4.10. The van der Waals surface area contributed by atoms with Gasteiger partial charge in [0.1, 0.15) is 0 Å². The van der Waals surface area contributed by atoms with Gasteiger partial charge in [-0.15, -0.1) is 10.2 Å². The van der Waals surface area contributed by atoms with E-state index in [0.717, 1.165) is 11.3 Å². The molecule has 0 unspecified atom stereocenters. The fourth-order valence-electron chi connectivity index (χ4n) is 2.29. The number of quaternary nitrogens is 1. The summed E-state index contributed by atoms with van der Waals surface area (Å²) in [6.45, 7) is 3.80. The summed E-state index contributed by atoms with van der Waals surface area (Å²) in [5.41, 5.74) is 0.916. The summed E-state index contributed by atoms with van der Waals surface area (Å²) >= 11 is 1.65. The van der Waals surface area contributed by atoms with Gasteiger partial charge >= 0.3 is 0 Å². The van der Waals surface area contributed by atoms with Crippen LogP contribution < -0.4 is 4.90 Å². The van der Waals surface area contributed by atoms with Gasteiger partial charge in [0.15, 0.2) is 0 Å². The van der Waals surface area contributed by atoms with Crippen molar-refractivity contribution < 1.29 is 9.32 Å². The Hall–Kier alpha value is -1.40. The fraction of sp³-hybridized carbons (Fsp3) is 0.462. The maximum atomic E-state index is 5.64. The highest BCUT2D eigenvalue weighted by molar-refractivity contribution is 7.99. The Bertz CT molecular complexity index is 510. The molecule has 19 heavy (non-hydrogen) atoms. The summed E-state index contributed by atoms with van der Waals surface area (Å²) in [6.07, 6.45) is 6.19. The molecule has 100 valence electrons. The number of hydrogen-bond acceptors (Lipinski definition) is 5. The number of nitrogens with zero attached hydrogens (tertiary/aromatic N) is 3. The van der Waals surface area contributed by atoms with Crippen molar-refractivity contribution in [1.29, 1.82) is 0 Å². The largest absolute Gasteiger partial charge is 0.411 e. The van der Waals surface area contributed by atoms with Crippen LogP contribution in [0.25, 0.3) is 11.5 Å². The molecule has 1 aliphatic heterocycles. The van der Waals surface area contributed by atoms with E-state index in [1.807, 2.05) is 12.1 Å². The van der Waals surface area contributed by atoms with Gasteiger partial charge in [-0.1, -0.05) is 11.8 Å². The lowest BCUT2D eigenvalue weighted by Gasteiger charge is -2.09. The zero-order chi connectivity index (χ0) is 12.9. The third kappa shape index (κ3) is 3.33. The third-order valence-electron chi connectivity index (χ3n) is 3.33. The summed E-state index contributed by atoms with van der Waals surface area (Å²) in [6, 6.07) is 3.74. The normalized spacial score (nSPS) is 16.0. The highest BCUT2D eigenvalue weighted by Crippen LogP contribution is 2.21. The van der Waals surface area contributed by atoms with Gasteiger partial charge in [-0.05, 0) is 12.1 Å².